The SMILES string of the molecule is [CH2-]CCCCC.[La]. The van der Waals surface area contributed by atoms with Crippen LogP contribution >= 0.6 is 0 Å². The van der Waals surface area contributed by atoms with Crippen LogP contribution in [0.25, 0.3) is 0 Å². The summed E-state index contributed by atoms with van der Waals surface area (Å²) in [5.41, 5.74) is 0. The molecule has 0 atom stereocenters. The van der Waals surface area contributed by atoms with Gasteiger partial charge in [-0.2, -0.15) is 6.42 Å². The molecule has 0 aliphatic rings. The van der Waals surface area contributed by atoms with Crippen LogP contribution in [0.5, 0.6) is 0 Å². The Hall–Kier alpha value is 1.19. The third-order valence-corrected chi connectivity index (χ3v) is 0.854. The molecule has 0 aliphatic heterocycles. The predicted octanol–water partition coefficient (Wildman–Crippen LogP) is 2.40. The molecule has 0 aromatic carbocycles. The fourth-order valence-electron chi connectivity index (χ4n) is 0.427. The Labute approximate surface area is 74.7 Å². The zero-order valence-electron chi connectivity index (χ0n) is 5.11. The fourth-order valence-corrected chi connectivity index (χ4v) is 0.427. The molecular weight excluding hydrogens is 211 g/mol. The number of unbranched alkanes of at least 4 members (excludes halogenated alkanes) is 3. The van der Waals surface area contributed by atoms with Crippen molar-refractivity contribution in [3.05, 3.63) is 6.92 Å². The van der Waals surface area contributed by atoms with Crippen molar-refractivity contribution in [3.8, 4) is 0 Å². The summed E-state index contributed by atoms with van der Waals surface area (Å²) in [5.74, 6) is 0. The van der Waals surface area contributed by atoms with Crippen molar-refractivity contribution >= 4 is 0 Å². The van der Waals surface area contributed by atoms with Gasteiger partial charge in [0.2, 0.25) is 0 Å². The molecule has 0 unspecified atom stereocenters. The molecule has 0 N–H and O–H groups in total. The molecule has 0 aromatic rings. The summed E-state index contributed by atoms with van der Waals surface area (Å²) in [6.07, 6.45) is 5.07. The van der Waals surface area contributed by atoms with E-state index >= 15 is 0 Å². The van der Waals surface area contributed by atoms with Crippen molar-refractivity contribution in [2.24, 2.45) is 0 Å². The van der Waals surface area contributed by atoms with Crippen molar-refractivity contribution < 1.29 is 35.6 Å². The van der Waals surface area contributed by atoms with Crippen LogP contribution in [-0.4, -0.2) is 0 Å². The molecule has 0 aliphatic carbocycles. The number of rotatable bonds is 3. The maximum absolute atomic E-state index is 3.72. The van der Waals surface area contributed by atoms with Gasteiger partial charge in [0.15, 0.2) is 0 Å². The van der Waals surface area contributed by atoms with Crippen LogP contribution in [0.3, 0.4) is 0 Å². The minimum atomic E-state index is 0. The Morgan fingerprint density at radius 3 is 2.00 bits per heavy atom. The Balaban J connectivity index is 0. The third-order valence-electron chi connectivity index (χ3n) is 0.854. The number of hydrogen-bond acceptors (Lipinski definition) is 0. The summed E-state index contributed by atoms with van der Waals surface area (Å²) in [4.78, 5) is 0. The average molecular weight is 224 g/mol. The summed E-state index contributed by atoms with van der Waals surface area (Å²) in [5, 5.41) is 0. The predicted molar refractivity (Wildman–Crippen MR) is 29.5 cm³/mol. The zero-order valence-corrected chi connectivity index (χ0v) is 8.74. The van der Waals surface area contributed by atoms with Crippen molar-refractivity contribution in [2.45, 2.75) is 32.6 Å². The van der Waals surface area contributed by atoms with Crippen LogP contribution in [0.4, 0.5) is 0 Å². The second kappa shape index (κ2) is 10.2. The van der Waals surface area contributed by atoms with Gasteiger partial charge < -0.3 is 6.92 Å². The molecule has 7 heavy (non-hydrogen) atoms. The Morgan fingerprint density at radius 2 is 1.86 bits per heavy atom. The smallest absolute Gasteiger partial charge is 0 e. The van der Waals surface area contributed by atoms with Crippen molar-refractivity contribution in [1.29, 1.82) is 0 Å². The van der Waals surface area contributed by atoms with Crippen molar-refractivity contribution in [2.75, 3.05) is 0 Å². The number of hydrogen-bond donors (Lipinski definition) is 0. The van der Waals surface area contributed by atoms with Crippen LogP contribution in [-0.2, 0) is 0 Å². The summed E-state index contributed by atoms with van der Waals surface area (Å²) in [6.45, 7) is 5.93. The monoisotopic (exact) mass is 224 g/mol. The summed E-state index contributed by atoms with van der Waals surface area (Å²) >= 11 is 0. The van der Waals surface area contributed by atoms with E-state index in [0.29, 0.717) is 0 Å². The summed E-state index contributed by atoms with van der Waals surface area (Å²) in [7, 11) is 0. The van der Waals surface area contributed by atoms with Gasteiger partial charge in [0.25, 0.3) is 0 Å². The van der Waals surface area contributed by atoms with E-state index in [9.17, 15) is 0 Å². The van der Waals surface area contributed by atoms with E-state index in [2.05, 4.69) is 13.8 Å². The Morgan fingerprint density at radius 1 is 1.29 bits per heavy atom. The van der Waals surface area contributed by atoms with Gasteiger partial charge in [-0.15, -0.1) is 0 Å². The third kappa shape index (κ3) is 11.0. The molecule has 0 spiro atoms. The van der Waals surface area contributed by atoms with Gasteiger partial charge in [0, 0.05) is 35.6 Å². The van der Waals surface area contributed by atoms with Crippen LogP contribution in [0.1, 0.15) is 32.6 Å². The van der Waals surface area contributed by atoms with E-state index in [0.717, 1.165) is 6.42 Å². The van der Waals surface area contributed by atoms with E-state index in [1.165, 1.54) is 19.3 Å². The minimum Gasteiger partial charge on any atom is -0.343 e. The molecule has 0 aromatic heterocycles. The van der Waals surface area contributed by atoms with Gasteiger partial charge in [-0.3, -0.25) is 0 Å². The van der Waals surface area contributed by atoms with Crippen LogP contribution < -0.4 is 0 Å². The molecule has 0 amide bonds. The molecule has 0 nitrogen and oxygen atoms in total. The minimum absolute atomic E-state index is 0. The van der Waals surface area contributed by atoms with E-state index in [1.807, 2.05) is 0 Å². The first kappa shape index (κ1) is 11.1. The Bertz CT molecular complexity index is 16.1. The van der Waals surface area contributed by atoms with E-state index in [4.69, 9.17) is 0 Å². The molecule has 0 fully saturated rings. The van der Waals surface area contributed by atoms with E-state index in [-0.39, 0.29) is 35.6 Å². The van der Waals surface area contributed by atoms with Crippen LogP contribution in [0.15, 0.2) is 0 Å². The first-order valence-corrected chi connectivity index (χ1v) is 2.71. The maximum atomic E-state index is 3.72. The van der Waals surface area contributed by atoms with Crippen molar-refractivity contribution in [3.63, 3.8) is 0 Å². The van der Waals surface area contributed by atoms with Gasteiger partial charge in [-0.05, 0) is 0 Å². The van der Waals surface area contributed by atoms with Crippen LogP contribution in [0.2, 0.25) is 0 Å². The molecule has 0 heterocycles. The van der Waals surface area contributed by atoms with Gasteiger partial charge in [-0.1, -0.05) is 26.2 Å². The second-order valence-electron chi connectivity index (χ2n) is 1.56. The molecular formula is C6H13La-. The standard InChI is InChI=1S/C6H13.La/c1-3-5-6-4-2;/h1,3-6H2,2H3;/q-1;. The quantitative estimate of drug-likeness (QED) is 0.510. The zero-order chi connectivity index (χ0) is 4.83. The van der Waals surface area contributed by atoms with Crippen LogP contribution in [0, 0.1) is 42.5 Å². The summed E-state index contributed by atoms with van der Waals surface area (Å²) < 4.78 is 0. The summed E-state index contributed by atoms with van der Waals surface area (Å²) in [6, 6.07) is 0. The first-order valence-electron chi connectivity index (χ1n) is 2.71. The van der Waals surface area contributed by atoms with Gasteiger partial charge >= 0.3 is 0 Å². The van der Waals surface area contributed by atoms with Gasteiger partial charge in [0.05, 0.1) is 0 Å². The molecule has 1 heteroatoms. The molecule has 0 rings (SSSR count). The normalized spacial score (nSPS) is 7.71. The van der Waals surface area contributed by atoms with Crippen molar-refractivity contribution in [1.82, 2.24) is 0 Å². The molecule has 0 saturated heterocycles. The topological polar surface area (TPSA) is 0 Å². The van der Waals surface area contributed by atoms with E-state index < -0.39 is 0 Å². The van der Waals surface area contributed by atoms with E-state index in [1.54, 1.807) is 0 Å². The maximum Gasteiger partial charge on any atom is 0 e. The average Bonchev–Trinajstić information content (AvgIpc) is 1.61. The molecule has 1 radical (unpaired) electrons. The Kier molecular flexibility index (Phi) is 16.2. The van der Waals surface area contributed by atoms with Gasteiger partial charge in [0.1, 0.15) is 0 Å². The second-order valence-corrected chi connectivity index (χ2v) is 1.56. The first-order chi connectivity index (χ1) is 2.91. The molecule has 0 saturated carbocycles. The van der Waals surface area contributed by atoms with Gasteiger partial charge in [-0.25, -0.2) is 0 Å². The largest absolute Gasteiger partial charge is 0.343 e. The fraction of sp³-hybridized carbons (Fsp3) is 0.833. The molecule has 41 valence electrons. The molecule has 0 bridgehead atoms.